The lowest BCUT2D eigenvalue weighted by atomic mass is 10.0. The van der Waals surface area contributed by atoms with E-state index in [0.29, 0.717) is 24.2 Å². The standard InChI is InChI=1S/C16H23N3O2/c1-3-18(2)15(20)12-6-4-7-13(10-12)16(21)19-9-5-8-14(17)11-19/h4,6-7,10,14H,3,5,8-9,11,17H2,1-2H3. The Balaban J connectivity index is 2.16. The number of piperidine rings is 1. The summed E-state index contributed by atoms with van der Waals surface area (Å²) >= 11 is 0. The summed E-state index contributed by atoms with van der Waals surface area (Å²) in [7, 11) is 1.75. The van der Waals surface area contributed by atoms with Gasteiger partial charge in [0.25, 0.3) is 11.8 Å². The Labute approximate surface area is 125 Å². The zero-order chi connectivity index (χ0) is 15.4. The van der Waals surface area contributed by atoms with E-state index in [0.717, 1.165) is 19.4 Å². The van der Waals surface area contributed by atoms with E-state index >= 15 is 0 Å². The Morgan fingerprint density at radius 2 is 2.10 bits per heavy atom. The van der Waals surface area contributed by atoms with E-state index in [2.05, 4.69) is 0 Å². The molecule has 0 radical (unpaired) electrons. The Hall–Kier alpha value is -1.88. The van der Waals surface area contributed by atoms with Gasteiger partial charge in [0.15, 0.2) is 0 Å². The fourth-order valence-electron chi connectivity index (χ4n) is 2.53. The van der Waals surface area contributed by atoms with E-state index < -0.39 is 0 Å². The number of amides is 2. The Bertz CT molecular complexity index is 530. The molecule has 5 nitrogen and oxygen atoms in total. The zero-order valence-corrected chi connectivity index (χ0v) is 12.7. The minimum Gasteiger partial charge on any atom is -0.342 e. The minimum atomic E-state index is -0.0671. The van der Waals surface area contributed by atoms with Crippen LogP contribution in [-0.2, 0) is 0 Å². The Morgan fingerprint density at radius 3 is 2.76 bits per heavy atom. The third-order valence-electron chi connectivity index (χ3n) is 3.92. The second-order valence-corrected chi connectivity index (χ2v) is 5.55. The second kappa shape index (κ2) is 6.72. The van der Waals surface area contributed by atoms with E-state index in [1.54, 1.807) is 41.1 Å². The summed E-state index contributed by atoms with van der Waals surface area (Å²) in [6, 6.07) is 6.99. The van der Waals surface area contributed by atoms with E-state index in [4.69, 9.17) is 5.73 Å². The van der Waals surface area contributed by atoms with Gasteiger partial charge in [0.2, 0.25) is 0 Å². The van der Waals surface area contributed by atoms with Gasteiger partial charge < -0.3 is 15.5 Å². The van der Waals surface area contributed by atoms with Gasteiger partial charge in [0.1, 0.15) is 0 Å². The van der Waals surface area contributed by atoms with Crippen molar-refractivity contribution in [3.8, 4) is 0 Å². The fraction of sp³-hybridized carbons (Fsp3) is 0.500. The topological polar surface area (TPSA) is 66.6 Å². The van der Waals surface area contributed by atoms with Crippen molar-refractivity contribution in [2.45, 2.75) is 25.8 Å². The predicted molar refractivity (Wildman–Crippen MR) is 82.2 cm³/mol. The van der Waals surface area contributed by atoms with Gasteiger partial charge in [-0.2, -0.15) is 0 Å². The molecule has 1 aromatic carbocycles. The van der Waals surface area contributed by atoms with Gasteiger partial charge in [-0.15, -0.1) is 0 Å². The predicted octanol–water partition coefficient (Wildman–Crippen LogP) is 1.34. The van der Waals surface area contributed by atoms with Gasteiger partial charge in [-0.3, -0.25) is 9.59 Å². The van der Waals surface area contributed by atoms with Crippen molar-refractivity contribution in [2.75, 3.05) is 26.7 Å². The van der Waals surface area contributed by atoms with Crippen LogP contribution in [0.2, 0.25) is 0 Å². The lowest BCUT2D eigenvalue weighted by molar-refractivity contribution is 0.0709. The molecule has 5 heteroatoms. The van der Waals surface area contributed by atoms with Crippen LogP contribution in [0.3, 0.4) is 0 Å². The Kier molecular flexibility index (Phi) is 4.96. The fourth-order valence-corrected chi connectivity index (χ4v) is 2.53. The number of hydrogen-bond donors (Lipinski definition) is 1. The molecule has 1 aromatic rings. The number of carbonyl (C=O) groups is 2. The number of benzene rings is 1. The number of hydrogen-bond acceptors (Lipinski definition) is 3. The molecule has 1 unspecified atom stereocenters. The largest absolute Gasteiger partial charge is 0.342 e. The SMILES string of the molecule is CCN(C)C(=O)c1cccc(C(=O)N2CCCC(N)C2)c1. The van der Waals surface area contributed by atoms with Crippen LogP contribution in [0, 0.1) is 0 Å². The molecule has 0 spiro atoms. The lowest BCUT2D eigenvalue weighted by Crippen LogP contribution is -2.45. The van der Waals surface area contributed by atoms with Crippen LogP contribution in [-0.4, -0.2) is 54.3 Å². The summed E-state index contributed by atoms with van der Waals surface area (Å²) in [6.07, 6.45) is 1.90. The van der Waals surface area contributed by atoms with E-state index in [1.807, 2.05) is 6.92 Å². The summed E-state index contributed by atoms with van der Waals surface area (Å²) in [4.78, 5) is 28.1. The van der Waals surface area contributed by atoms with Gasteiger partial charge in [0, 0.05) is 43.9 Å². The van der Waals surface area contributed by atoms with E-state index in [-0.39, 0.29) is 17.9 Å². The average molecular weight is 289 g/mol. The molecule has 21 heavy (non-hydrogen) atoms. The molecule has 0 saturated carbocycles. The van der Waals surface area contributed by atoms with Crippen LogP contribution in [0.25, 0.3) is 0 Å². The highest BCUT2D eigenvalue weighted by molar-refractivity contribution is 5.99. The van der Waals surface area contributed by atoms with Crippen molar-refractivity contribution in [3.05, 3.63) is 35.4 Å². The van der Waals surface area contributed by atoms with Crippen LogP contribution < -0.4 is 5.73 Å². The molecule has 1 saturated heterocycles. The van der Waals surface area contributed by atoms with Crippen molar-refractivity contribution >= 4 is 11.8 Å². The minimum absolute atomic E-state index is 0.0426. The molecule has 2 amide bonds. The highest BCUT2D eigenvalue weighted by Crippen LogP contribution is 2.14. The monoisotopic (exact) mass is 289 g/mol. The summed E-state index contributed by atoms with van der Waals surface area (Å²) in [5, 5.41) is 0. The van der Waals surface area contributed by atoms with Crippen molar-refractivity contribution < 1.29 is 9.59 Å². The summed E-state index contributed by atoms with van der Waals surface area (Å²) in [5.74, 6) is -0.110. The van der Waals surface area contributed by atoms with Gasteiger partial charge in [-0.25, -0.2) is 0 Å². The molecule has 0 bridgehead atoms. The number of carbonyl (C=O) groups excluding carboxylic acids is 2. The van der Waals surface area contributed by atoms with Crippen molar-refractivity contribution in [3.63, 3.8) is 0 Å². The molecule has 114 valence electrons. The molecule has 2 rings (SSSR count). The van der Waals surface area contributed by atoms with Gasteiger partial charge in [-0.1, -0.05) is 6.07 Å². The van der Waals surface area contributed by atoms with Crippen LogP contribution in [0.5, 0.6) is 0 Å². The van der Waals surface area contributed by atoms with Crippen LogP contribution in [0.4, 0.5) is 0 Å². The summed E-state index contributed by atoms with van der Waals surface area (Å²) in [5.41, 5.74) is 7.02. The van der Waals surface area contributed by atoms with Gasteiger partial charge in [0.05, 0.1) is 0 Å². The van der Waals surface area contributed by atoms with Crippen LogP contribution in [0.15, 0.2) is 24.3 Å². The highest BCUT2D eigenvalue weighted by Gasteiger charge is 2.23. The molecule has 0 aliphatic carbocycles. The van der Waals surface area contributed by atoms with Gasteiger partial charge in [-0.05, 0) is 38.0 Å². The van der Waals surface area contributed by atoms with Crippen LogP contribution in [0.1, 0.15) is 40.5 Å². The van der Waals surface area contributed by atoms with Crippen molar-refractivity contribution in [2.24, 2.45) is 5.73 Å². The maximum atomic E-state index is 12.5. The van der Waals surface area contributed by atoms with Crippen molar-refractivity contribution in [1.82, 2.24) is 9.80 Å². The second-order valence-electron chi connectivity index (χ2n) is 5.55. The Morgan fingerprint density at radius 1 is 1.38 bits per heavy atom. The first-order chi connectivity index (χ1) is 10.0. The maximum Gasteiger partial charge on any atom is 0.253 e. The summed E-state index contributed by atoms with van der Waals surface area (Å²) in [6.45, 7) is 3.88. The molecule has 1 fully saturated rings. The highest BCUT2D eigenvalue weighted by atomic mass is 16.2. The molecule has 1 aliphatic heterocycles. The molecule has 1 aliphatic rings. The summed E-state index contributed by atoms with van der Waals surface area (Å²) < 4.78 is 0. The molecule has 1 heterocycles. The normalized spacial score (nSPS) is 18.4. The first-order valence-corrected chi connectivity index (χ1v) is 7.43. The average Bonchev–Trinajstić information content (AvgIpc) is 2.52. The van der Waals surface area contributed by atoms with E-state index in [1.165, 1.54) is 0 Å². The third kappa shape index (κ3) is 3.61. The van der Waals surface area contributed by atoms with E-state index in [9.17, 15) is 9.59 Å². The first kappa shape index (κ1) is 15.5. The molecule has 0 aromatic heterocycles. The molecular weight excluding hydrogens is 266 g/mol. The lowest BCUT2D eigenvalue weighted by Gasteiger charge is -2.31. The zero-order valence-electron chi connectivity index (χ0n) is 12.7. The number of nitrogens with two attached hydrogens (primary N) is 1. The smallest absolute Gasteiger partial charge is 0.253 e. The maximum absolute atomic E-state index is 12.5. The molecular formula is C16H23N3O2. The van der Waals surface area contributed by atoms with Gasteiger partial charge >= 0.3 is 0 Å². The molecule has 2 N–H and O–H groups in total. The molecule has 1 atom stereocenters. The third-order valence-corrected chi connectivity index (χ3v) is 3.92. The quantitative estimate of drug-likeness (QED) is 0.913. The first-order valence-electron chi connectivity index (χ1n) is 7.43. The number of nitrogens with zero attached hydrogens (tertiary/aromatic N) is 2. The number of likely N-dealkylation sites (tertiary alicyclic amines) is 1. The van der Waals surface area contributed by atoms with Crippen molar-refractivity contribution in [1.29, 1.82) is 0 Å². The number of rotatable bonds is 3. The van der Waals surface area contributed by atoms with Crippen LogP contribution >= 0.6 is 0 Å².